The molecule has 0 aromatic carbocycles. The third-order valence-corrected chi connectivity index (χ3v) is 1.58. The van der Waals surface area contributed by atoms with E-state index in [1.165, 1.54) is 0 Å². The highest BCUT2D eigenvalue weighted by Gasteiger charge is 2.10. The molecule has 10 heavy (non-hydrogen) atoms. The maximum atomic E-state index is 10.8. The first-order valence-electron chi connectivity index (χ1n) is 3.66. The highest BCUT2D eigenvalue weighted by Crippen LogP contribution is 2.10. The van der Waals surface area contributed by atoms with Gasteiger partial charge in [-0.25, -0.2) is 0 Å². The van der Waals surface area contributed by atoms with E-state index < -0.39 is 0 Å². The monoisotopic (exact) mass is 138 g/mol. The van der Waals surface area contributed by atoms with Crippen LogP contribution in [0.15, 0.2) is 0 Å². The Kier molecular flexibility index (Phi) is 4.66. The zero-order chi connectivity index (χ0) is 7.98. The Morgan fingerprint density at radius 3 is 2.60 bits per heavy atom. The fraction of sp³-hybridized carbons (Fsp3) is 0.667. The molecule has 0 aliphatic rings. The number of terminal acetylenes is 1. The van der Waals surface area contributed by atoms with Gasteiger partial charge in [0.05, 0.1) is 0 Å². The maximum absolute atomic E-state index is 10.8. The van der Waals surface area contributed by atoms with Crippen molar-refractivity contribution in [1.82, 2.24) is 0 Å². The number of rotatable bonds is 4. The van der Waals surface area contributed by atoms with Gasteiger partial charge in [-0.1, -0.05) is 13.3 Å². The highest BCUT2D eigenvalue weighted by molar-refractivity contribution is 5.78. The minimum Gasteiger partial charge on any atom is -0.300 e. The molecule has 1 atom stereocenters. The SMILES string of the molecule is C#CCC(CCC)C(C)=O. The zero-order valence-electron chi connectivity index (χ0n) is 6.68. The van der Waals surface area contributed by atoms with E-state index in [-0.39, 0.29) is 11.7 Å². The van der Waals surface area contributed by atoms with E-state index in [1.54, 1.807) is 6.92 Å². The summed E-state index contributed by atoms with van der Waals surface area (Å²) in [5, 5.41) is 0. The van der Waals surface area contributed by atoms with Crippen LogP contribution in [0.2, 0.25) is 0 Å². The predicted octanol–water partition coefficient (Wildman–Crippen LogP) is 2.01. The van der Waals surface area contributed by atoms with E-state index in [0.717, 1.165) is 12.8 Å². The minimum absolute atomic E-state index is 0.106. The van der Waals surface area contributed by atoms with Gasteiger partial charge in [-0.15, -0.1) is 12.3 Å². The van der Waals surface area contributed by atoms with E-state index in [9.17, 15) is 4.79 Å². The largest absolute Gasteiger partial charge is 0.300 e. The Morgan fingerprint density at radius 1 is 1.70 bits per heavy atom. The number of Topliss-reactive ketones (excluding diaryl/α,β-unsaturated/α-hetero) is 1. The lowest BCUT2D eigenvalue weighted by atomic mass is 9.96. The van der Waals surface area contributed by atoms with E-state index in [4.69, 9.17) is 6.42 Å². The third-order valence-electron chi connectivity index (χ3n) is 1.58. The lowest BCUT2D eigenvalue weighted by Crippen LogP contribution is -2.09. The molecule has 0 N–H and O–H groups in total. The zero-order valence-corrected chi connectivity index (χ0v) is 6.68. The molecule has 1 nitrogen and oxygen atoms in total. The van der Waals surface area contributed by atoms with Crippen molar-refractivity contribution in [3.8, 4) is 12.3 Å². The molecule has 1 heteroatoms. The highest BCUT2D eigenvalue weighted by atomic mass is 16.1. The smallest absolute Gasteiger partial charge is 0.133 e. The summed E-state index contributed by atoms with van der Waals surface area (Å²) < 4.78 is 0. The summed E-state index contributed by atoms with van der Waals surface area (Å²) in [7, 11) is 0. The molecule has 0 radical (unpaired) electrons. The van der Waals surface area contributed by atoms with Gasteiger partial charge < -0.3 is 0 Å². The molecule has 0 saturated heterocycles. The van der Waals surface area contributed by atoms with Crippen LogP contribution in [0.25, 0.3) is 0 Å². The number of carbonyl (C=O) groups is 1. The predicted molar refractivity (Wildman–Crippen MR) is 42.5 cm³/mol. The van der Waals surface area contributed by atoms with Crippen LogP contribution >= 0.6 is 0 Å². The Morgan fingerprint density at radius 2 is 2.30 bits per heavy atom. The fourth-order valence-electron chi connectivity index (χ4n) is 0.940. The van der Waals surface area contributed by atoms with Crippen molar-refractivity contribution in [3.05, 3.63) is 0 Å². The average molecular weight is 138 g/mol. The summed E-state index contributed by atoms with van der Waals surface area (Å²) in [4.78, 5) is 10.8. The van der Waals surface area contributed by atoms with Crippen LogP contribution in [-0.2, 0) is 4.79 Å². The summed E-state index contributed by atoms with van der Waals surface area (Å²) >= 11 is 0. The van der Waals surface area contributed by atoms with Crippen LogP contribution in [-0.4, -0.2) is 5.78 Å². The molecule has 0 fully saturated rings. The molecule has 0 amide bonds. The van der Waals surface area contributed by atoms with Crippen LogP contribution in [0.3, 0.4) is 0 Å². The first kappa shape index (κ1) is 9.23. The van der Waals surface area contributed by atoms with Gasteiger partial charge in [-0.2, -0.15) is 0 Å². The molecule has 0 saturated carbocycles. The summed E-state index contributed by atoms with van der Waals surface area (Å²) in [6.45, 7) is 3.67. The Balaban J connectivity index is 3.75. The van der Waals surface area contributed by atoms with Gasteiger partial charge >= 0.3 is 0 Å². The first-order chi connectivity index (χ1) is 4.72. The lowest BCUT2D eigenvalue weighted by molar-refractivity contribution is -0.120. The van der Waals surface area contributed by atoms with Crippen LogP contribution < -0.4 is 0 Å². The normalized spacial score (nSPS) is 12.1. The number of hydrogen-bond donors (Lipinski definition) is 0. The summed E-state index contributed by atoms with van der Waals surface area (Å²) in [6.07, 6.45) is 7.66. The summed E-state index contributed by atoms with van der Waals surface area (Å²) in [5.74, 6) is 2.84. The van der Waals surface area contributed by atoms with Gasteiger partial charge in [-0.3, -0.25) is 4.79 Å². The van der Waals surface area contributed by atoms with E-state index in [1.807, 2.05) is 0 Å². The van der Waals surface area contributed by atoms with Crippen molar-refractivity contribution in [2.45, 2.75) is 33.1 Å². The van der Waals surface area contributed by atoms with Gasteiger partial charge in [0.2, 0.25) is 0 Å². The van der Waals surface area contributed by atoms with Crippen LogP contribution in [0.1, 0.15) is 33.1 Å². The second kappa shape index (κ2) is 5.05. The standard InChI is InChI=1S/C9H14O/c1-4-6-9(7-5-2)8(3)10/h1,9H,5-7H2,2-3H3. The van der Waals surface area contributed by atoms with Crippen LogP contribution in [0, 0.1) is 18.3 Å². The van der Waals surface area contributed by atoms with Gasteiger partial charge in [0.1, 0.15) is 5.78 Å². The van der Waals surface area contributed by atoms with Crippen molar-refractivity contribution in [2.24, 2.45) is 5.92 Å². The van der Waals surface area contributed by atoms with Crippen molar-refractivity contribution >= 4 is 5.78 Å². The quantitative estimate of drug-likeness (QED) is 0.543. The van der Waals surface area contributed by atoms with Crippen molar-refractivity contribution in [2.75, 3.05) is 0 Å². The molecular weight excluding hydrogens is 124 g/mol. The Hall–Kier alpha value is -0.770. The fourth-order valence-corrected chi connectivity index (χ4v) is 0.940. The second-order valence-electron chi connectivity index (χ2n) is 2.50. The van der Waals surface area contributed by atoms with Crippen molar-refractivity contribution in [1.29, 1.82) is 0 Å². The molecule has 0 heterocycles. The molecule has 0 aromatic heterocycles. The number of carbonyl (C=O) groups excluding carboxylic acids is 1. The summed E-state index contributed by atoms with van der Waals surface area (Å²) in [5.41, 5.74) is 0. The summed E-state index contributed by atoms with van der Waals surface area (Å²) in [6, 6.07) is 0. The first-order valence-corrected chi connectivity index (χ1v) is 3.66. The topological polar surface area (TPSA) is 17.1 Å². The molecule has 1 unspecified atom stereocenters. The molecule has 0 aromatic rings. The molecule has 56 valence electrons. The van der Waals surface area contributed by atoms with E-state index in [0.29, 0.717) is 6.42 Å². The lowest BCUT2D eigenvalue weighted by Gasteiger charge is -2.06. The van der Waals surface area contributed by atoms with Gasteiger partial charge in [0, 0.05) is 12.3 Å². The molecule has 0 aliphatic heterocycles. The van der Waals surface area contributed by atoms with Crippen molar-refractivity contribution < 1.29 is 4.79 Å². The van der Waals surface area contributed by atoms with Gasteiger partial charge in [-0.05, 0) is 13.3 Å². The molecular formula is C9H14O. The average Bonchev–Trinajstić information content (AvgIpc) is 1.87. The Bertz CT molecular complexity index is 141. The van der Waals surface area contributed by atoms with Gasteiger partial charge in [0.25, 0.3) is 0 Å². The Labute approximate surface area is 62.8 Å². The third kappa shape index (κ3) is 3.29. The van der Waals surface area contributed by atoms with Crippen molar-refractivity contribution in [3.63, 3.8) is 0 Å². The minimum atomic E-state index is 0.106. The van der Waals surface area contributed by atoms with Crippen LogP contribution in [0.5, 0.6) is 0 Å². The number of hydrogen-bond acceptors (Lipinski definition) is 1. The van der Waals surface area contributed by atoms with Gasteiger partial charge in [0.15, 0.2) is 0 Å². The maximum Gasteiger partial charge on any atom is 0.133 e. The molecule has 0 aliphatic carbocycles. The van der Waals surface area contributed by atoms with E-state index >= 15 is 0 Å². The van der Waals surface area contributed by atoms with E-state index in [2.05, 4.69) is 12.8 Å². The van der Waals surface area contributed by atoms with Crippen LogP contribution in [0.4, 0.5) is 0 Å². The molecule has 0 rings (SSSR count). The number of ketones is 1. The second-order valence-corrected chi connectivity index (χ2v) is 2.50. The molecule has 0 spiro atoms. The molecule has 0 bridgehead atoms.